The van der Waals surface area contributed by atoms with E-state index in [0.29, 0.717) is 18.0 Å². The Morgan fingerprint density at radius 2 is 2.45 bits per heavy atom. The molecule has 20 heavy (non-hydrogen) atoms. The first-order valence-electron chi connectivity index (χ1n) is 6.44. The smallest absolute Gasteiger partial charge is 0.368 e. The van der Waals surface area contributed by atoms with Crippen LogP contribution >= 0.6 is 0 Å². The zero-order chi connectivity index (χ0) is 14.2. The number of rotatable bonds is 4. The quantitative estimate of drug-likeness (QED) is 0.674. The number of nitrogens with one attached hydrogen (secondary N) is 1. The van der Waals surface area contributed by atoms with Gasteiger partial charge >= 0.3 is 5.82 Å². The van der Waals surface area contributed by atoms with Crippen LogP contribution in [0.1, 0.15) is 19.8 Å². The first-order chi connectivity index (χ1) is 9.57. The lowest BCUT2D eigenvalue weighted by molar-refractivity contribution is -0.391. The number of hydrogen-bond donors (Lipinski definition) is 1. The van der Waals surface area contributed by atoms with Gasteiger partial charge < -0.3 is 20.2 Å². The molecule has 0 aliphatic carbocycles. The van der Waals surface area contributed by atoms with E-state index in [2.05, 4.69) is 15.4 Å². The van der Waals surface area contributed by atoms with Crippen LogP contribution in [-0.2, 0) is 4.74 Å². The molecule has 1 fully saturated rings. The lowest BCUT2D eigenvalue weighted by atomic mass is 10.0. The van der Waals surface area contributed by atoms with E-state index < -0.39 is 4.92 Å². The number of anilines is 1. The number of ether oxygens (including phenoxy) is 1. The summed E-state index contributed by atoms with van der Waals surface area (Å²) in [6.45, 7) is 3.44. The van der Waals surface area contributed by atoms with Gasteiger partial charge in [0.15, 0.2) is 5.82 Å². The fraction of sp³-hybridized carbons (Fsp3) is 0.500. The zero-order valence-electron chi connectivity index (χ0n) is 11.1. The van der Waals surface area contributed by atoms with Crippen molar-refractivity contribution in [2.45, 2.75) is 25.4 Å². The molecule has 2 aromatic heterocycles. The van der Waals surface area contributed by atoms with Crippen molar-refractivity contribution in [1.29, 1.82) is 0 Å². The van der Waals surface area contributed by atoms with E-state index in [1.54, 1.807) is 12.1 Å². The average Bonchev–Trinajstić information content (AvgIpc) is 3.02. The monoisotopic (exact) mass is 277 g/mol. The summed E-state index contributed by atoms with van der Waals surface area (Å²) in [5, 5.41) is 18.2. The average molecular weight is 277 g/mol. The van der Waals surface area contributed by atoms with Crippen LogP contribution in [0.25, 0.3) is 5.65 Å². The van der Waals surface area contributed by atoms with Gasteiger partial charge in [-0.15, -0.1) is 0 Å². The Kier molecular flexibility index (Phi) is 3.01. The third-order valence-electron chi connectivity index (χ3n) is 3.48. The molecule has 0 aromatic carbocycles. The number of aromatic nitrogens is 3. The van der Waals surface area contributed by atoms with Gasteiger partial charge in [0, 0.05) is 19.2 Å². The number of hydrogen-bond acceptors (Lipinski definition) is 6. The van der Waals surface area contributed by atoms with E-state index >= 15 is 0 Å². The second-order valence-corrected chi connectivity index (χ2v) is 5.12. The van der Waals surface area contributed by atoms with Crippen molar-refractivity contribution in [2.75, 3.05) is 18.5 Å². The Hall–Kier alpha value is -2.22. The van der Waals surface area contributed by atoms with Crippen molar-refractivity contribution in [2.24, 2.45) is 0 Å². The number of imidazole rings is 1. The molecule has 8 heteroatoms. The molecule has 1 unspecified atom stereocenters. The van der Waals surface area contributed by atoms with Crippen LogP contribution in [0.2, 0.25) is 0 Å². The SMILES string of the molecule is CC1(CNc2ccc3ncc([N+](=O)[O-])n3n2)CCCO1. The molecule has 0 bridgehead atoms. The highest BCUT2D eigenvalue weighted by Crippen LogP contribution is 2.25. The van der Waals surface area contributed by atoms with E-state index in [-0.39, 0.29) is 11.4 Å². The molecule has 0 saturated carbocycles. The van der Waals surface area contributed by atoms with Gasteiger partial charge in [-0.05, 0) is 30.8 Å². The highest BCUT2D eigenvalue weighted by molar-refractivity contribution is 5.48. The molecular weight excluding hydrogens is 262 g/mol. The molecule has 2 aromatic rings. The largest absolute Gasteiger partial charge is 0.373 e. The van der Waals surface area contributed by atoms with Crippen molar-refractivity contribution < 1.29 is 9.66 Å². The summed E-state index contributed by atoms with van der Waals surface area (Å²) in [6.07, 6.45) is 3.25. The van der Waals surface area contributed by atoms with Crippen molar-refractivity contribution in [1.82, 2.24) is 14.6 Å². The van der Waals surface area contributed by atoms with Crippen LogP contribution in [0.4, 0.5) is 11.6 Å². The lowest BCUT2D eigenvalue weighted by Crippen LogP contribution is -2.32. The van der Waals surface area contributed by atoms with Crippen molar-refractivity contribution in [3.63, 3.8) is 0 Å². The van der Waals surface area contributed by atoms with Crippen molar-refractivity contribution in [3.8, 4) is 0 Å². The molecule has 8 nitrogen and oxygen atoms in total. The van der Waals surface area contributed by atoms with Crippen LogP contribution in [0.15, 0.2) is 18.3 Å². The fourth-order valence-corrected chi connectivity index (χ4v) is 2.33. The predicted octanol–water partition coefficient (Wildman–Crippen LogP) is 1.62. The van der Waals surface area contributed by atoms with Crippen molar-refractivity contribution in [3.05, 3.63) is 28.4 Å². The van der Waals surface area contributed by atoms with Crippen LogP contribution in [0.5, 0.6) is 0 Å². The molecule has 0 spiro atoms. The molecule has 3 rings (SSSR count). The Morgan fingerprint density at radius 1 is 1.60 bits per heavy atom. The molecule has 1 aliphatic heterocycles. The molecule has 0 radical (unpaired) electrons. The summed E-state index contributed by atoms with van der Waals surface area (Å²) in [4.78, 5) is 14.3. The minimum Gasteiger partial charge on any atom is -0.373 e. The van der Waals surface area contributed by atoms with Crippen LogP contribution in [0, 0.1) is 10.1 Å². The van der Waals surface area contributed by atoms with Gasteiger partial charge in [-0.1, -0.05) is 9.61 Å². The van der Waals surface area contributed by atoms with Crippen molar-refractivity contribution >= 4 is 17.3 Å². The predicted molar refractivity (Wildman–Crippen MR) is 71.7 cm³/mol. The normalized spacial score (nSPS) is 22.2. The first-order valence-corrected chi connectivity index (χ1v) is 6.44. The Morgan fingerprint density at radius 3 is 3.15 bits per heavy atom. The number of fused-ring (bicyclic) bond motifs is 1. The maximum Gasteiger partial charge on any atom is 0.368 e. The minimum atomic E-state index is -0.502. The molecule has 1 atom stereocenters. The van der Waals surface area contributed by atoms with Gasteiger partial charge in [0.05, 0.1) is 5.60 Å². The summed E-state index contributed by atoms with van der Waals surface area (Å²) < 4.78 is 6.90. The topological polar surface area (TPSA) is 94.6 Å². The molecule has 106 valence electrons. The standard InChI is InChI=1S/C12H15N5O3/c1-12(5-2-6-20-12)8-14-9-3-4-10-13-7-11(17(18)19)16(10)15-9/h3-4,7H,2,5-6,8H2,1H3,(H,14,15). The van der Waals surface area contributed by atoms with Gasteiger partial charge in [-0.3, -0.25) is 0 Å². The third-order valence-corrected chi connectivity index (χ3v) is 3.48. The van der Waals surface area contributed by atoms with E-state index in [1.807, 2.05) is 6.92 Å². The molecule has 1 saturated heterocycles. The maximum atomic E-state index is 10.9. The summed E-state index contributed by atoms with van der Waals surface area (Å²) in [6, 6.07) is 3.45. The van der Waals surface area contributed by atoms with E-state index in [9.17, 15) is 10.1 Å². The third kappa shape index (κ3) is 2.29. The summed E-state index contributed by atoms with van der Waals surface area (Å²) in [7, 11) is 0. The molecule has 1 N–H and O–H groups in total. The summed E-state index contributed by atoms with van der Waals surface area (Å²) in [5.41, 5.74) is 0.253. The Bertz CT molecular complexity index is 648. The maximum absolute atomic E-state index is 10.9. The second kappa shape index (κ2) is 4.71. The second-order valence-electron chi connectivity index (χ2n) is 5.12. The summed E-state index contributed by atoms with van der Waals surface area (Å²) >= 11 is 0. The van der Waals surface area contributed by atoms with Gasteiger partial charge in [0.25, 0.3) is 0 Å². The van der Waals surface area contributed by atoms with E-state index in [0.717, 1.165) is 19.4 Å². The molecule has 0 amide bonds. The van der Waals surface area contributed by atoms with E-state index in [1.165, 1.54) is 10.7 Å². The highest BCUT2D eigenvalue weighted by atomic mass is 16.6. The van der Waals surface area contributed by atoms with Crippen LogP contribution in [0.3, 0.4) is 0 Å². The van der Waals surface area contributed by atoms with Gasteiger partial charge in [-0.2, -0.15) is 0 Å². The molecule has 3 heterocycles. The van der Waals surface area contributed by atoms with Crippen LogP contribution in [-0.4, -0.2) is 38.3 Å². The zero-order valence-corrected chi connectivity index (χ0v) is 11.1. The minimum absolute atomic E-state index is 0.146. The fourth-order valence-electron chi connectivity index (χ4n) is 2.33. The van der Waals surface area contributed by atoms with Gasteiger partial charge in [-0.25, -0.2) is 4.98 Å². The number of nitrogens with zero attached hydrogens (tertiary/aromatic N) is 4. The summed E-state index contributed by atoms with van der Waals surface area (Å²) in [5.74, 6) is 0.419. The van der Waals surface area contributed by atoms with E-state index in [4.69, 9.17) is 4.74 Å². The van der Waals surface area contributed by atoms with Gasteiger partial charge in [0.1, 0.15) is 6.20 Å². The first kappa shape index (κ1) is 12.8. The molecular formula is C12H15N5O3. The highest BCUT2D eigenvalue weighted by Gasteiger charge is 2.29. The van der Waals surface area contributed by atoms with Gasteiger partial charge in [0.2, 0.25) is 5.65 Å². The lowest BCUT2D eigenvalue weighted by Gasteiger charge is -2.23. The Labute approximate surface area is 114 Å². The Balaban J connectivity index is 1.81. The molecule has 1 aliphatic rings. The van der Waals surface area contributed by atoms with Crippen LogP contribution < -0.4 is 5.32 Å². The number of nitro groups is 1.